The van der Waals surface area contributed by atoms with Gasteiger partial charge in [0, 0.05) is 5.92 Å². The molecule has 0 unspecified atom stereocenters. The number of hydrogen-bond donors (Lipinski definition) is 0. The van der Waals surface area contributed by atoms with Crippen molar-refractivity contribution in [2.45, 2.75) is 72.2 Å². The molecule has 0 spiro atoms. The number of hydrogen-bond acceptors (Lipinski definition) is 2. The second-order valence-corrected chi connectivity index (χ2v) is 11.5. The van der Waals surface area contributed by atoms with Gasteiger partial charge in [0.2, 0.25) is 0 Å². The smallest absolute Gasteiger partial charge is 0.192 e. The van der Waals surface area contributed by atoms with Crippen LogP contribution in [0, 0.1) is 11.8 Å². The molecule has 0 N–H and O–H groups in total. The van der Waals surface area contributed by atoms with Gasteiger partial charge in [-0.15, -0.1) is 0 Å². The van der Waals surface area contributed by atoms with Gasteiger partial charge in [-0.2, -0.15) is 0 Å². The molecule has 17 heavy (non-hydrogen) atoms. The number of aldehydes is 1. The zero-order valence-electron chi connectivity index (χ0n) is 12.8. The summed E-state index contributed by atoms with van der Waals surface area (Å²) >= 11 is 0. The Morgan fingerprint density at radius 2 is 1.71 bits per heavy atom. The molecule has 102 valence electrons. The zero-order valence-corrected chi connectivity index (χ0v) is 13.8. The van der Waals surface area contributed by atoms with Crippen LogP contribution in [0.2, 0.25) is 18.1 Å². The molecule has 0 aliphatic rings. The van der Waals surface area contributed by atoms with Gasteiger partial charge < -0.3 is 9.22 Å². The highest BCUT2D eigenvalue weighted by Gasteiger charge is 2.41. The summed E-state index contributed by atoms with van der Waals surface area (Å²) in [6.07, 6.45) is 2.15. The number of carbonyl (C=O) groups is 1. The molecular weight excluding hydrogens is 228 g/mol. The summed E-state index contributed by atoms with van der Waals surface area (Å²) in [6.45, 7) is 17.5. The molecule has 0 rings (SSSR count). The van der Waals surface area contributed by atoms with E-state index in [1.54, 1.807) is 0 Å². The van der Waals surface area contributed by atoms with E-state index in [-0.39, 0.29) is 17.1 Å². The lowest BCUT2D eigenvalue weighted by Crippen LogP contribution is -2.47. The lowest BCUT2D eigenvalue weighted by Gasteiger charge is -2.42. The molecule has 3 heteroatoms. The first kappa shape index (κ1) is 16.8. The molecule has 0 amide bonds. The van der Waals surface area contributed by atoms with Crippen molar-refractivity contribution in [3.8, 4) is 0 Å². The van der Waals surface area contributed by atoms with E-state index in [0.717, 1.165) is 12.7 Å². The molecule has 0 aromatic heterocycles. The van der Waals surface area contributed by atoms with E-state index < -0.39 is 8.32 Å². The van der Waals surface area contributed by atoms with Crippen molar-refractivity contribution < 1.29 is 9.22 Å². The summed E-state index contributed by atoms with van der Waals surface area (Å²) < 4.78 is 6.42. The predicted octanol–water partition coefficient (Wildman–Crippen LogP) is 4.26. The van der Waals surface area contributed by atoms with Crippen molar-refractivity contribution in [3.05, 3.63) is 0 Å². The molecule has 0 fully saturated rings. The third-order valence-electron chi connectivity index (χ3n) is 4.17. The molecule has 0 saturated carbocycles. The normalized spacial score (nSPS) is 18.6. The van der Waals surface area contributed by atoms with Gasteiger partial charge in [-0.3, -0.25) is 0 Å². The van der Waals surface area contributed by atoms with Crippen molar-refractivity contribution in [2.24, 2.45) is 11.8 Å². The van der Waals surface area contributed by atoms with E-state index in [1.807, 2.05) is 6.92 Å². The first-order chi connectivity index (χ1) is 7.56. The molecular formula is C14H30O2Si. The molecule has 0 saturated heterocycles. The van der Waals surface area contributed by atoms with Crippen LogP contribution in [0.3, 0.4) is 0 Å². The maximum Gasteiger partial charge on any atom is 0.192 e. The maximum absolute atomic E-state index is 11.0. The van der Waals surface area contributed by atoms with Crippen LogP contribution in [0.15, 0.2) is 0 Å². The van der Waals surface area contributed by atoms with Crippen molar-refractivity contribution in [3.63, 3.8) is 0 Å². The second-order valence-electron chi connectivity index (χ2n) is 6.72. The highest BCUT2D eigenvalue weighted by molar-refractivity contribution is 6.74. The van der Waals surface area contributed by atoms with E-state index in [9.17, 15) is 4.79 Å². The van der Waals surface area contributed by atoms with Crippen LogP contribution in [0.1, 0.15) is 48.0 Å². The fourth-order valence-corrected chi connectivity index (χ4v) is 3.05. The molecule has 3 atom stereocenters. The topological polar surface area (TPSA) is 26.3 Å². The van der Waals surface area contributed by atoms with Crippen molar-refractivity contribution >= 4 is 14.6 Å². The van der Waals surface area contributed by atoms with E-state index >= 15 is 0 Å². The summed E-state index contributed by atoms with van der Waals surface area (Å²) in [5.74, 6) is 0.420. The predicted molar refractivity (Wildman–Crippen MR) is 76.8 cm³/mol. The zero-order chi connectivity index (χ0) is 13.9. The summed E-state index contributed by atoms with van der Waals surface area (Å²) in [5, 5.41) is 0.196. The van der Waals surface area contributed by atoms with Gasteiger partial charge >= 0.3 is 0 Å². The highest BCUT2D eigenvalue weighted by atomic mass is 28.4. The van der Waals surface area contributed by atoms with Crippen LogP contribution in [0.5, 0.6) is 0 Å². The Hall–Kier alpha value is -0.153. The first-order valence-corrected chi connectivity index (χ1v) is 9.60. The maximum atomic E-state index is 11.0. The van der Waals surface area contributed by atoms with Gasteiger partial charge in [0.05, 0.1) is 6.10 Å². The van der Waals surface area contributed by atoms with E-state index in [0.29, 0.717) is 5.92 Å². The standard InChI is InChI=1S/C14H30O2Si/c1-9-11(2)13(12(3)10-15)16-17(7,8)14(4,5)6/h10-13H,9H2,1-8H3/t11-,12-,13+/m0/s1. The number of carbonyl (C=O) groups excluding carboxylic acids is 1. The summed E-state index contributed by atoms with van der Waals surface area (Å²) in [7, 11) is -1.78. The Balaban J connectivity index is 4.93. The number of rotatable bonds is 6. The van der Waals surface area contributed by atoms with Crippen LogP contribution in [0.25, 0.3) is 0 Å². The van der Waals surface area contributed by atoms with Crippen LogP contribution in [-0.2, 0) is 9.22 Å². The molecule has 2 nitrogen and oxygen atoms in total. The SMILES string of the molecule is CC[C@H](C)[C@@H](O[Si](C)(C)C(C)(C)C)[C@@H](C)C=O. The van der Waals surface area contributed by atoms with Crippen LogP contribution in [0.4, 0.5) is 0 Å². The summed E-state index contributed by atoms with van der Waals surface area (Å²) in [4.78, 5) is 11.0. The van der Waals surface area contributed by atoms with E-state index in [4.69, 9.17) is 4.43 Å². The largest absolute Gasteiger partial charge is 0.413 e. The lowest BCUT2D eigenvalue weighted by molar-refractivity contribution is -0.114. The van der Waals surface area contributed by atoms with Crippen molar-refractivity contribution in [1.29, 1.82) is 0 Å². The Morgan fingerprint density at radius 1 is 1.24 bits per heavy atom. The average molecular weight is 258 g/mol. The quantitative estimate of drug-likeness (QED) is 0.525. The molecule has 0 radical (unpaired) electrons. The van der Waals surface area contributed by atoms with Crippen molar-refractivity contribution in [1.82, 2.24) is 0 Å². The van der Waals surface area contributed by atoms with Crippen LogP contribution >= 0.6 is 0 Å². The molecule has 0 bridgehead atoms. The molecule has 0 aromatic carbocycles. The van der Waals surface area contributed by atoms with Gasteiger partial charge in [-0.25, -0.2) is 0 Å². The molecule has 0 aromatic rings. The Kier molecular flexibility index (Phi) is 6.09. The third-order valence-corrected chi connectivity index (χ3v) is 8.65. The van der Waals surface area contributed by atoms with Crippen molar-refractivity contribution in [2.75, 3.05) is 0 Å². The minimum absolute atomic E-state index is 0.0147. The third kappa shape index (κ3) is 4.55. The minimum atomic E-state index is -1.78. The fourth-order valence-electron chi connectivity index (χ4n) is 1.57. The second kappa shape index (κ2) is 6.14. The minimum Gasteiger partial charge on any atom is -0.413 e. The van der Waals surface area contributed by atoms with Gasteiger partial charge in [-0.05, 0) is 24.1 Å². The monoisotopic (exact) mass is 258 g/mol. The van der Waals surface area contributed by atoms with Crippen LogP contribution in [-0.4, -0.2) is 20.7 Å². The molecule has 0 aliphatic carbocycles. The molecule has 0 aliphatic heterocycles. The van der Waals surface area contributed by atoms with E-state index in [1.165, 1.54) is 0 Å². The van der Waals surface area contributed by atoms with Crippen LogP contribution < -0.4 is 0 Å². The summed E-state index contributed by atoms with van der Waals surface area (Å²) in [6, 6.07) is 0. The first-order valence-electron chi connectivity index (χ1n) is 6.70. The summed E-state index contributed by atoms with van der Waals surface area (Å²) in [5.41, 5.74) is 0. The average Bonchev–Trinajstić information content (AvgIpc) is 2.22. The van der Waals surface area contributed by atoms with Gasteiger partial charge in [0.1, 0.15) is 6.29 Å². The van der Waals surface area contributed by atoms with E-state index in [2.05, 4.69) is 47.7 Å². The Morgan fingerprint density at radius 3 is 2.00 bits per heavy atom. The lowest BCUT2D eigenvalue weighted by atomic mass is 9.93. The highest BCUT2D eigenvalue weighted by Crippen LogP contribution is 2.39. The van der Waals surface area contributed by atoms with Gasteiger partial charge in [-0.1, -0.05) is 48.0 Å². The molecule has 0 heterocycles. The fraction of sp³-hybridized carbons (Fsp3) is 0.929. The Labute approximate surface area is 108 Å². The van der Waals surface area contributed by atoms with Gasteiger partial charge in [0.25, 0.3) is 0 Å². The van der Waals surface area contributed by atoms with Gasteiger partial charge in [0.15, 0.2) is 8.32 Å². The Bertz CT molecular complexity index is 243.